The van der Waals surface area contributed by atoms with Gasteiger partial charge in [0.2, 0.25) is 0 Å². The zero-order chi connectivity index (χ0) is 16.1. The number of halogens is 1. The lowest BCUT2D eigenvalue weighted by Gasteiger charge is -2.09. The molecule has 1 aromatic heterocycles. The summed E-state index contributed by atoms with van der Waals surface area (Å²) in [5.41, 5.74) is 1.22. The fourth-order valence-corrected chi connectivity index (χ4v) is 2.15. The second kappa shape index (κ2) is 6.89. The molecule has 0 saturated heterocycles. The molecule has 5 nitrogen and oxygen atoms in total. The average molecular weight is 301 g/mol. The molecule has 0 fully saturated rings. The van der Waals surface area contributed by atoms with Gasteiger partial charge < -0.3 is 5.32 Å². The summed E-state index contributed by atoms with van der Waals surface area (Å²) in [4.78, 5) is 26.9. The average Bonchev–Trinajstić information content (AvgIpc) is 2.50. The van der Waals surface area contributed by atoms with Gasteiger partial charge in [0.15, 0.2) is 0 Å². The van der Waals surface area contributed by atoms with Crippen molar-refractivity contribution in [3.63, 3.8) is 0 Å². The third kappa shape index (κ3) is 3.33. The molecule has 0 bridgehead atoms. The number of hydrogen-bond donors (Lipinski definition) is 1. The highest BCUT2D eigenvalue weighted by molar-refractivity contribution is 6.04. The molecule has 22 heavy (non-hydrogen) atoms. The van der Waals surface area contributed by atoms with Gasteiger partial charge >= 0.3 is 0 Å². The minimum atomic E-state index is -0.578. The first-order valence-electron chi connectivity index (χ1n) is 6.91. The minimum Gasteiger partial charge on any atom is -0.306 e. The van der Waals surface area contributed by atoms with Crippen LogP contribution in [0, 0.1) is 17.6 Å². The van der Waals surface area contributed by atoms with Gasteiger partial charge in [-0.2, -0.15) is 4.91 Å². The van der Waals surface area contributed by atoms with Crippen molar-refractivity contribution in [3.8, 4) is 0 Å². The number of nitrogens with zero attached hydrogens (tertiary/aromatic N) is 2. The van der Waals surface area contributed by atoms with Gasteiger partial charge in [-0.25, -0.2) is 9.37 Å². The van der Waals surface area contributed by atoms with Crippen molar-refractivity contribution in [2.24, 2.45) is 5.18 Å². The Hall–Kier alpha value is -2.63. The van der Waals surface area contributed by atoms with Gasteiger partial charge in [0.05, 0.1) is 5.56 Å². The molecule has 1 unspecified atom stereocenters. The molecule has 0 radical (unpaired) electrons. The number of carbonyl (C=O) groups excluding carboxylic acids is 1. The predicted octanol–water partition coefficient (Wildman–Crippen LogP) is 4.00. The van der Waals surface area contributed by atoms with Crippen molar-refractivity contribution in [2.45, 2.75) is 26.3 Å². The van der Waals surface area contributed by atoms with Gasteiger partial charge in [0.25, 0.3) is 5.91 Å². The molecule has 1 heterocycles. The van der Waals surface area contributed by atoms with E-state index in [9.17, 15) is 14.1 Å². The van der Waals surface area contributed by atoms with Crippen molar-refractivity contribution < 1.29 is 9.18 Å². The van der Waals surface area contributed by atoms with E-state index in [1.54, 1.807) is 31.2 Å². The van der Waals surface area contributed by atoms with Gasteiger partial charge in [0, 0.05) is 6.20 Å². The van der Waals surface area contributed by atoms with Crippen LogP contribution >= 0.6 is 0 Å². The first-order chi connectivity index (χ1) is 10.6. The lowest BCUT2D eigenvalue weighted by molar-refractivity contribution is 0.102. The lowest BCUT2D eigenvalue weighted by Crippen LogP contribution is -2.16. The van der Waals surface area contributed by atoms with Crippen molar-refractivity contribution >= 4 is 11.7 Å². The van der Waals surface area contributed by atoms with E-state index < -0.39 is 17.8 Å². The third-order valence-electron chi connectivity index (χ3n) is 3.38. The molecule has 0 aliphatic heterocycles. The number of aryl methyl sites for hydroxylation is 1. The molecule has 1 atom stereocenters. The van der Waals surface area contributed by atoms with Crippen molar-refractivity contribution in [1.82, 2.24) is 4.98 Å². The van der Waals surface area contributed by atoms with E-state index >= 15 is 0 Å². The molecule has 0 spiro atoms. The smallest absolute Gasteiger partial charge is 0.260 e. The Kier molecular flexibility index (Phi) is 4.93. The van der Waals surface area contributed by atoms with Crippen LogP contribution in [-0.4, -0.2) is 10.9 Å². The Balaban J connectivity index is 2.17. The number of aromatic nitrogens is 1. The number of nitrogens with one attached hydrogen (secondary N) is 1. The maximum atomic E-state index is 13.7. The number of rotatable bonds is 5. The third-order valence-corrected chi connectivity index (χ3v) is 3.38. The van der Waals surface area contributed by atoms with E-state index in [0.717, 1.165) is 0 Å². The molecular formula is C16H16FN3O2. The molecule has 0 aliphatic rings. The van der Waals surface area contributed by atoms with Crippen LogP contribution in [-0.2, 0) is 0 Å². The number of nitroso groups, excluding NO2 is 1. The van der Waals surface area contributed by atoms with E-state index in [4.69, 9.17) is 0 Å². The summed E-state index contributed by atoms with van der Waals surface area (Å²) >= 11 is 0. The standard InChI is InChI=1S/C16H16FN3O2/c1-3-13(20-22)11-7-8-14(18-9-11)19-16(21)15-10(2)5-4-6-12(15)17/h4-9,13H,3H2,1-2H3,(H,18,19,21). The van der Waals surface area contributed by atoms with Crippen LogP contribution in [0.4, 0.5) is 10.2 Å². The van der Waals surface area contributed by atoms with Gasteiger partial charge in [-0.3, -0.25) is 4.79 Å². The number of carbonyl (C=O) groups is 1. The normalized spacial score (nSPS) is 11.8. The highest BCUT2D eigenvalue weighted by Crippen LogP contribution is 2.21. The molecule has 114 valence electrons. The van der Waals surface area contributed by atoms with Crippen LogP contribution in [0.25, 0.3) is 0 Å². The molecule has 1 aromatic carbocycles. The molecule has 0 aliphatic carbocycles. The number of anilines is 1. The highest BCUT2D eigenvalue weighted by atomic mass is 19.1. The summed E-state index contributed by atoms with van der Waals surface area (Å²) in [6, 6.07) is 7.23. The number of benzene rings is 1. The molecule has 1 N–H and O–H groups in total. The maximum absolute atomic E-state index is 13.7. The first-order valence-corrected chi connectivity index (χ1v) is 6.91. The van der Waals surface area contributed by atoms with Crippen molar-refractivity contribution in [1.29, 1.82) is 0 Å². The molecule has 2 aromatic rings. The largest absolute Gasteiger partial charge is 0.306 e. The second-order valence-corrected chi connectivity index (χ2v) is 4.89. The number of amides is 1. The topological polar surface area (TPSA) is 71.4 Å². The van der Waals surface area contributed by atoms with Crippen LogP contribution in [0.1, 0.15) is 40.9 Å². The van der Waals surface area contributed by atoms with Gasteiger partial charge in [-0.1, -0.05) is 30.3 Å². The maximum Gasteiger partial charge on any atom is 0.260 e. The zero-order valence-corrected chi connectivity index (χ0v) is 12.3. The van der Waals surface area contributed by atoms with Gasteiger partial charge in [-0.05, 0) is 36.6 Å². The van der Waals surface area contributed by atoms with Gasteiger partial charge in [-0.15, -0.1) is 0 Å². The first kappa shape index (κ1) is 15.8. The zero-order valence-electron chi connectivity index (χ0n) is 12.3. The second-order valence-electron chi connectivity index (χ2n) is 4.89. The summed E-state index contributed by atoms with van der Waals surface area (Å²) in [7, 11) is 0. The monoisotopic (exact) mass is 301 g/mol. The minimum absolute atomic E-state index is 0.00521. The molecule has 0 saturated carbocycles. The van der Waals surface area contributed by atoms with Crippen LogP contribution in [0.5, 0.6) is 0 Å². The predicted molar refractivity (Wildman–Crippen MR) is 82.2 cm³/mol. The Bertz CT molecular complexity index is 666. The molecule has 2 rings (SSSR count). The van der Waals surface area contributed by atoms with Crippen LogP contribution in [0.15, 0.2) is 41.7 Å². The van der Waals surface area contributed by atoms with E-state index in [1.165, 1.54) is 12.3 Å². The Labute approximate surface area is 127 Å². The summed E-state index contributed by atoms with van der Waals surface area (Å²) in [6.07, 6.45) is 2.06. The quantitative estimate of drug-likeness (QED) is 0.848. The summed E-state index contributed by atoms with van der Waals surface area (Å²) < 4.78 is 13.7. The SMILES string of the molecule is CCC(N=O)c1ccc(NC(=O)c2c(C)cccc2F)nc1. The highest BCUT2D eigenvalue weighted by Gasteiger charge is 2.15. The van der Waals surface area contributed by atoms with Crippen LogP contribution in [0.2, 0.25) is 0 Å². The van der Waals surface area contributed by atoms with Crippen LogP contribution < -0.4 is 5.32 Å². The fraction of sp³-hybridized carbons (Fsp3) is 0.250. The molecular weight excluding hydrogens is 285 g/mol. The number of pyridine rings is 1. The lowest BCUT2D eigenvalue weighted by atomic mass is 10.1. The Morgan fingerprint density at radius 1 is 1.36 bits per heavy atom. The Morgan fingerprint density at radius 2 is 2.14 bits per heavy atom. The van der Waals surface area contributed by atoms with Crippen molar-refractivity contribution in [2.75, 3.05) is 5.32 Å². The number of hydrogen-bond acceptors (Lipinski definition) is 4. The van der Waals surface area contributed by atoms with E-state index in [0.29, 0.717) is 17.5 Å². The van der Waals surface area contributed by atoms with Crippen molar-refractivity contribution in [3.05, 3.63) is 63.9 Å². The van der Waals surface area contributed by atoms with E-state index in [1.807, 2.05) is 6.92 Å². The van der Waals surface area contributed by atoms with Crippen LogP contribution in [0.3, 0.4) is 0 Å². The van der Waals surface area contributed by atoms with E-state index in [-0.39, 0.29) is 11.4 Å². The fourth-order valence-electron chi connectivity index (χ4n) is 2.15. The van der Waals surface area contributed by atoms with Gasteiger partial charge in [0.1, 0.15) is 17.7 Å². The van der Waals surface area contributed by atoms with E-state index in [2.05, 4.69) is 15.5 Å². The Morgan fingerprint density at radius 3 is 2.68 bits per heavy atom. The summed E-state index contributed by atoms with van der Waals surface area (Å²) in [6.45, 7) is 3.51. The summed E-state index contributed by atoms with van der Waals surface area (Å²) in [5.74, 6) is -0.848. The molecule has 6 heteroatoms. The summed E-state index contributed by atoms with van der Waals surface area (Å²) in [5, 5.41) is 5.55. The molecule has 1 amide bonds.